The maximum atomic E-state index is 9.38. The molecule has 0 amide bonds. The molecule has 0 aliphatic rings. The molecule has 0 saturated carbocycles. The summed E-state index contributed by atoms with van der Waals surface area (Å²) in [6.07, 6.45) is 0. The minimum atomic E-state index is -6.07. The monoisotopic (exact) mass is 342 g/mol. The zero-order chi connectivity index (χ0) is 7.71. The van der Waals surface area contributed by atoms with Gasteiger partial charge in [-0.05, 0) is 0 Å². The Labute approximate surface area is 212 Å². The summed E-state index contributed by atoms with van der Waals surface area (Å²) in [5, 5.41) is 0. The van der Waals surface area contributed by atoms with Crippen molar-refractivity contribution in [3.05, 3.63) is 0 Å². The average molecular weight is 342 g/mol. The summed E-state index contributed by atoms with van der Waals surface area (Å²) in [5.41, 5.74) is 0. The van der Waals surface area contributed by atoms with Gasteiger partial charge in [-0.3, -0.25) is 0 Å². The van der Waals surface area contributed by atoms with Crippen LogP contribution in [0.4, 0.5) is 0 Å². The Morgan fingerprint density at radius 3 is 1.00 bits per heavy atom. The van der Waals surface area contributed by atoms with E-state index in [-0.39, 0.29) is 165 Å². The van der Waals surface area contributed by atoms with Gasteiger partial charge in [0.05, 0.1) is 0 Å². The fraction of sp³-hybridized carbons (Fsp3) is 0. The van der Waals surface area contributed by atoms with Crippen molar-refractivity contribution in [2.24, 2.45) is 0 Å². The molecule has 7 nitrogen and oxygen atoms in total. The molecule has 60 valence electrons. The fourth-order valence-electron chi connectivity index (χ4n) is 0.102. The zero-order valence-electron chi connectivity index (χ0n) is 9.67. The molecule has 0 N–H and O–H groups in total. The molecule has 0 aliphatic carbocycles. The molecule has 0 heterocycles. The van der Waals surface area contributed by atoms with E-state index in [4.69, 9.17) is 0 Å². The van der Waals surface area contributed by atoms with E-state index in [0.29, 0.717) is 0 Å². The van der Waals surface area contributed by atoms with Crippen LogP contribution in [0.15, 0.2) is 0 Å². The molecular formula is H2Cr2K2Na2O7. The topological polar surface area (TPSA) is 124 Å². The first-order valence-corrected chi connectivity index (χ1v) is 5.50. The van der Waals surface area contributed by atoms with Crippen LogP contribution in [0.2, 0.25) is 0 Å². The third-order valence-electron chi connectivity index (χ3n) is 0.167. The van der Waals surface area contributed by atoms with Crippen molar-refractivity contribution in [1.29, 1.82) is 0 Å². The van der Waals surface area contributed by atoms with Gasteiger partial charge in [-0.2, -0.15) is 0 Å². The summed E-state index contributed by atoms with van der Waals surface area (Å²) in [7, 11) is 0. The first-order valence-electron chi connectivity index (χ1n) is 1.33. The van der Waals surface area contributed by atoms with Crippen molar-refractivity contribution in [3.63, 3.8) is 0 Å². The van der Waals surface area contributed by atoms with E-state index in [9.17, 15) is 23.5 Å². The maximum absolute atomic E-state index is 9.38. The van der Waals surface area contributed by atoms with Crippen LogP contribution in [0.5, 0.6) is 0 Å². The number of hydrogen-bond donors (Lipinski definition) is 0. The Kier molecular flexibility index (Phi) is 33.0. The van der Waals surface area contributed by atoms with Crippen LogP contribution in [-0.4, -0.2) is 0 Å². The quantitative estimate of drug-likeness (QED) is 0.457. The molecule has 0 aromatic heterocycles. The predicted molar refractivity (Wildman–Crippen MR) is 6.05 cm³/mol. The second-order valence-corrected chi connectivity index (χ2v) is 4.52. The summed E-state index contributed by atoms with van der Waals surface area (Å²) in [6.45, 7) is 0. The molecule has 0 fully saturated rings. The first kappa shape index (κ1) is 31.0. The van der Waals surface area contributed by atoms with Crippen LogP contribution in [0.1, 0.15) is 2.85 Å². The molecular weight excluding hydrogens is 340 g/mol. The zero-order valence-corrected chi connectivity index (χ0v) is 20.5. The van der Waals surface area contributed by atoms with E-state index in [1.54, 1.807) is 0 Å². The fourth-order valence-corrected chi connectivity index (χ4v) is 1.74. The molecule has 13 heteroatoms. The number of hydrogen-bond acceptors (Lipinski definition) is 7. The first-order chi connectivity index (χ1) is 3.71. The Balaban J connectivity index is -0.0000000213. The Morgan fingerprint density at radius 1 is 0.846 bits per heavy atom. The van der Waals surface area contributed by atoms with Gasteiger partial charge in [0.25, 0.3) is 0 Å². The third-order valence-corrected chi connectivity index (χ3v) is 2.83. The van der Waals surface area contributed by atoms with E-state index in [2.05, 4.69) is 2.84 Å². The summed E-state index contributed by atoms with van der Waals surface area (Å²) < 4.78 is 58.9. The van der Waals surface area contributed by atoms with Crippen molar-refractivity contribution in [2.75, 3.05) is 0 Å². The Morgan fingerprint density at radius 2 is 1.00 bits per heavy atom. The summed E-state index contributed by atoms with van der Waals surface area (Å²) in [4.78, 5) is 0. The molecule has 0 aromatic rings. The van der Waals surface area contributed by atoms with Crippen molar-refractivity contribution in [3.8, 4) is 0 Å². The van der Waals surface area contributed by atoms with E-state index < -0.39 is 27.2 Å². The van der Waals surface area contributed by atoms with Gasteiger partial charge in [0.1, 0.15) is 0 Å². The minimum absolute atomic E-state index is 0. The Hall–Kier alpha value is 5.42. The predicted octanol–water partition coefficient (Wildman–Crippen LogP) is -14.7. The van der Waals surface area contributed by atoms with Crippen LogP contribution in [0.25, 0.3) is 0 Å². The molecule has 0 saturated heterocycles. The van der Waals surface area contributed by atoms with Gasteiger partial charge in [-0.1, -0.05) is 0 Å². The Bertz CT molecular complexity index is 256. The SMILES string of the molecule is [H-].[H-].[K+].[K+].[Na+].[Na+].[O]=[Cr](=[O])([O-])[O][Cr](=[O])(=[O])[O-]. The van der Waals surface area contributed by atoms with E-state index in [1.807, 2.05) is 0 Å². The van der Waals surface area contributed by atoms with Crippen molar-refractivity contribution in [1.82, 2.24) is 0 Å². The van der Waals surface area contributed by atoms with Crippen LogP contribution >= 0.6 is 0 Å². The van der Waals surface area contributed by atoms with Crippen LogP contribution in [0, 0.1) is 0 Å². The molecule has 0 unspecified atom stereocenters. The van der Waals surface area contributed by atoms with E-state index in [0.717, 1.165) is 0 Å². The summed E-state index contributed by atoms with van der Waals surface area (Å²) in [6, 6.07) is 0. The van der Waals surface area contributed by atoms with Crippen molar-refractivity contribution < 1.29 is 218 Å². The second kappa shape index (κ2) is 13.8. The van der Waals surface area contributed by atoms with Crippen molar-refractivity contribution >= 4 is 0 Å². The van der Waals surface area contributed by atoms with Crippen LogP contribution in [0.3, 0.4) is 0 Å². The molecule has 0 bridgehead atoms. The molecule has 0 atom stereocenters. The van der Waals surface area contributed by atoms with Crippen LogP contribution in [-0.2, 0) is 45.3 Å². The molecule has 13 heavy (non-hydrogen) atoms. The molecule has 0 aromatic carbocycles. The van der Waals surface area contributed by atoms with Crippen molar-refractivity contribution in [2.45, 2.75) is 0 Å². The molecule has 0 spiro atoms. The summed E-state index contributed by atoms with van der Waals surface area (Å²) in [5.74, 6) is 0. The normalized spacial score (nSPS) is 9.38. The van der Waals surface area contributed by atoms with Gasteiger partial charge in [0.15, 0.2) is 0 Å². The summed E-state index contributed by atoms with van der Waals surface area (Å²) >= 11 is -12.1. The van der Waals surface area contributed by atoms with Gasteiger partial charge in [0.2, 0.25) is 0 Å². The van der Waals surface area contributed by atoms with Gasteiger partial charge in [0, 0.05) is 0 Å². The second-order valence-electron chi connectivity index (χ2n) is 0.885. The molecule has 0 aliphatic heterocycles. The van der Waals surface area contributed by atoms with Crippen LogP contribution < -0.4 is 170 Å². The van der Waals surface area contributed by atoms with E-state index >= 15 is 0 Å². The van der Waals surface area contributed by atoms with Gasteiger partial charge in [-0.15, -0.1) is 0 Å². The standard InChI is InChI=1S/2Cr.2K.2Na.7O.2H/q;;4*+1;;;;;;4*-1. The average Bonchev–Trinajstić information content (AvgIpc) is 1.14. The molecule has 0 rings (SSSR count). The number of rotatable bonds is 2. The molecule has 0 radical (unpaired) electrons. The van der Waals surface area contributed by atoms with Gasteiger partial charge >= 0.3 is 215 Å². The third kappa shape index (κ3) is 31.8. The van der Waals surface area contributed by atoms with Gasteiger partial charge < -0.3 is 2.85 Å². The van der Waals surface area contributed by atoms with Gasteiger partial charge in [-0.25, -0.2) is 0 Å². The van der Waals surface area contributed by atoms with E-state index in [1.165, 1.54) is 0 Å².